The van der Waals surface area contributed by atoms with Crippen molar-refractivity contribution in [2.24, 2.45) is 5.10 Å². The highest BCUT2D eigenvalue weighted by atomic mass is 16.7. The second kappa shape index (κ2) is 4.58. The maximum Gasteiger partial charge on any atom is 0.699 e. The molecule has 0 atom stereocenters. The summed E-state index contributed by atoms with van der Waals surface area (Å²) in [5.74, 6) is -1.59. The average Bonchev–Trinajstić information content (AvgIpc) is 2.03. The molecule has 0 unspecified atom stereocenters. The molecule has 0 aromatic rings. The molecular formula is C3H4N4O6. The lowest BCUT2D eigenvalue weighted by Crippen LogP contribution is -2.27. The third kappa shape index (κ3) is 3.60. The van der Waals surface area contributed by atoms with E-state index in [1.165, 1.54) is 5.43 Å². The van der Waals surface area contributed by atoms with Gasteiger partial charge in [0.1, 0.15) is 0 Å². The molecule has 0 bridgehead atoms. The van der Waals surface area contributed by atoms with Crippen LogP contribution in [-0.2, 0) is 4.74 Å². The number of nitrogens with one attached hydrogen (secondary N) is 1. The molecule has 0 saturated carbocycles. The number of guanidine groups is 1. The molecule has 0 aliphatic carbocycles. The largest absolute Gasteiger partial charge is 0.699 e. The van der Waals surface area contributed by atoms with E-state index in [1.54, 1.807) is 0 Å². The normalized spacial score (nSPS) is 8.38. The number of nitrogens with zero attached hydrogens (tertiary/aromatic N) is 3. The zero-order valence-corrected chi connectivity index (χ0v) is 6.29. The number of hydrogen-bond donors (Lipinski definition) is 1. The van der Waals surface area contributed by atoms with Crippen molar-refractivity contribution in [1.29, 1.82) is 0 Å². The predicted molar refractivity (Wildman–Crippen MR) is 37.0 cm³/mol. The molecule has 0 aliphatic heterocycles. The number of hydrazone groups is 1. The standard InChI is InChI=1S/C3H4N4O6/c1-13-3(8)5-4-2(6(9)10)7(11)12/h1H3,(H,5,8). The average molecular weight is 192 g/mol. The second-order valence-electron chi connectivity index (χ2n) is 1.53. The molecule has 1 amide bonds. The van der Waals surface area contributed by atoms with E-state index >= 15 is 0 Å². The summed E-state index contributed by atoms with van der Waals surface area (Å²) < 4.78 is 3.96. The van der Waals surface area contributed by atoms with E-state index in [9.17, 15) is 25.0 Å². The van der Waals surface area contributed by atoms with Gasteiger partial charge in [-0.15, -0.1) is 0 Å². The lowest BCUT2D eigenvalue weighted by atomic mass is 11.0. The van der Waals surface area contributed by atoms with Crippen LogP contribution in [0.3, 0.4) is 0 Å². The Morgan fingerprint density at radius 2 is 1.85 bits per heavy atom. The van der Waals surface area contributed by atoms with E-state index in [0.29, 0.717) is 0 Å². The van der Waals surface area contributed by atoms with E-state index in [-0.39, 0.29) is 0 Å². The fourth-order valence-corrected chi connectivity index (χ4v) is 0.290. The molecule has 0 aromatic carbocycles. The minimum Gasteiger partial charge on any atom is -0.450 e. The number of amides is 1. The summed E-state index contributed by atoms with van der Waals surface area (Å²) >= 11 is 0. The number of carbonyl (C=O) groups excluding carboxylic acids is 1. The Hall–Kier alpha value is -2.26. The van der Waals surface area contributed by atoms with E-state index in [4.69, 9.17) is 0 Å². The summed E-state index contributed by atoms with van der Waals surface area (Å²) in [6.45, 7) is 0. The van der Waals surface area contributed by atoms with Gasteiger partial charge in [-0.25, -0.2) is 4.79 Å². The maximum atomic E-state index is 10.3. The molecule has 0 rings (SSSR count). The summed E-state index contributed by atoms with van der Waals surface area (Å²) in [7, 11) is 0.975. The van der Waals surface area contributed by atoms with Crippen LogP contribution in [0.4, 0.5) is 4.79 Å². The molecule has 1 N–H and O–H groups in total. The number of carbonyl (C=O) groups is 1. The Morgan fingerprint density at radius 3 is 2.15 bits per heavy atom. The molecule has 10 nitrogen and oxygen atoms in total. The first-order chi connectivity index (χ1) is 5.99. The molecule has 72 valence electrons. The Balaban J connectivity index is 4.47. The van der Waals surface area contributed by atoms with Crippen molar-refractivity contribution >= 4 is 12.1 Å². The zero-order chi connectivity index (χ0) is 10.4. The lowest BCUT2D eigenvalue weighted by molar-refractivity contribution is -0.503. The SMILES string of the molecule is COC(=O)NN=C([N+](=O)[O-])[N+](=O)[O-]. The van der Waals surface area contributed by atoms with Gasteiger partial charge >= 0.3 is 12.1 Å². The first-order valence-corrected chi connectivity index (χ1v) is 2.69. The first kappa shape index (κ1) is 10.7. The minimum absolute atomic E-state index is 0.975. The third-order valence-electron chi connectivity index (χ3n) is 0.759. The Bertz CT molecular complexity index is 255. The van der Waals surface area contributed by atoms with Gasteiger partial charge in [0.2, 0.25) is 0 Å². The summed E-state index contributed by atoms with van der Waals surface area (Å²) in [6.07, 6.45) is -1.14. The van der Waals surface area contributed by atoms with Crippen LogP contribution < -0.4 is 5.43 Å². The van der Waals surface area contributed by atoms with Gasteiger partial charge in [-0.2, -0.15) is 0 Å². The Kier molecular flexibility index (Phi) is 3.79. The van der Waals surface area contributed by atoms with E-state index in [2.05, 4.69) is 9.84 Å². The van der Waals surface area contributed by atoms with Crippen LogP contribution in [0.2, 0.25) is 0 Å². The summed E-state index contributed by atoms with van der Waals surface area (Å²) in [5.41, 5.74) is 1.44. The van der Waals surface area contributed by atoms with Crippen molar-refractivity contribution in [2.45, 2.75) is 0 Å². The first-order valence-electron chi connectivity index (χ1n) is 2.69. The molecule has 0 aromatic heterocycles. The van der Waals surface area contributed by atoms with Crippen molar-refractivity contribution in [2.75, 3.05) is 7.11 Å². The topological polar surface area (TPSA) is 137 Å². The zero-order valence-electron chi connectivity index (χ0n) is 6.29. The van der Waals surface area contributed by atoms with Crippen molar-refractivity contribution < 1.29 is 19.4 Å². The summed E-state index contributed by atoms with van der Waals surface area (Å²) in [6, 6.07) is 0. The van der Waals surface area contributed by atoms with Gasteiger partial charge < -0.3 is 25.0 Å². The van der Waals surface area contributed by atoms with Gasteiger partial charge in [0.05, 0.1) is 17.0 Å². The molecule has 0 heterocycles. The van der Waals surface area contributed by atoms with Crippen molar-refractivity contribution in [3.05, 3.63) is 20.2 Å². The predicted octanol–water partition coefficient (Wildman–Crippen LogP) is -0.833. The van der Waals surface area contributed by atoms with Gasteiger partial charge in [-0.1, -0.05) is 5.43 Å². The quantitative estimate of drug-likeness (QED) is 0.249. The molecule has 13 heavy (non-hydrogen) atoms. The van der Waals surface area contributed by atoms with Crippen molar-refractivity contribution in [1.82, 2.24) is 5.43 Å². The van der Waals surface area contributed by atoms with Crippen molar-refractivity contribution in [3.63, 3.8) is 0 Å². The van der Waals surface area contributed by atoms with Gasteiger partial charge in [0.15, 0.2) is 5.10 Å². The van der Waals surface area contributed by atoms with Crippen LogP contribution in [0, 0.1) is 20.2 Å². The number of rotatable bonds is 1. The molecule has 0 saturated heterocycles. The number of nitro groups is 2. The summed E-state index contributed by atoms with van der Waals surface area (Å²) in [5, 5.41) is 22.4. The maximum absolute atomic E-state index is 10.3. The third-order valence-corrected chi connectivity index (χ3v) is 0.759. The monoisotopic (exact) mass is 192 g/mol. The molecule has 0 spiro atoms. The van der Waals surface area contributed by atoms with Crippen LogP contribution in [-0.4, -0.2) is 29.0 Å². The molecule has 0 radical (unpaired) electrons. The molecule has 0 fully saturated rings. The highest BCUT2D eigenvalue weighted by Gasteiger charge is 2.29. The highest BCUT2D eigenvalue weighted by molar-refractivity contribution is 5.70. The Labute approximate surface area is 70.5 Å². The second-order valence-corrected chi connectivity index (χ2v) is 1.53. The van der Waals surface area contributed by atoms with Crippen LogP contribution in [0.25, 0.3) is 0 Å². The van der Waals surface area contributed by atoms with E-state index in [0.717, 1.165) is 7.11 Å². The molecule has 0 aliphatic rings. The van der Waals surface area contributed by atoms with Gasteiger partial charge in [0, 0.05) is 0 Å². The number of ether oxygens (including phenoxy) is 1. The van der Waals surface area contributed by atoms with Crippen LogP contribution in [0.1, 0.15) is 0 Å². The van der Waals surface area contributed by atoms with Crippen LogP contribution >= 0.6 is 0 Å². The molecule has 10 heteroatoms. The van der Waals surface area contributed by atoms with E-state index in [1.807, 2.05) is 0 Å². The fourth-order valence-electron chi connectivity index (χ4n) is 0.290. The van der Waals surface area contributed by atoms with Gasteiger partial charge in [0.25, 0.3) is 0 Å². The number of methoxy groups -OCH3 is 1. The highest BCUT2D eigenvalue weighted by Crippen LogP contribution is 1.81. The fraction of sp³-hybridized carbons (Fsp3) is 0.333. The summed E-state index contributed by atoms with van der Waals surface area (Å²) in [4.78, 5) is 27.3. The van der Waals surface area contributed by atoms with Gasteiger partial charge in [-0.05, 0) is 0 Å². The number of hydrogen-bond acceptors (Lipinski definition) is 7. The smallest absolute Gasteiger partial charge is 0.450 e. The van der Waals surface area contributed by atoms with Crippen LogP contribution in [0.15, 0.2) is 5.10 Å². The van der Waals surface area contributed by atoms with Gasteiger partial charge in [-0.3, -0.25) is 0 Å². The lowest BCUT2D eigenvalue weighted by Gasteiger charge is -1.89. The Morgan fingerprint density at radius 1 is 1.38 bits per heavy atom. The van der Waals surface area contributed by atoms with Crippen LogP contribution in [0.5, 0.6) is 0 Å². The minimum atomic E-state index is -1.59. The van der Waals surface area contributed by atoms with E-state index < -0.39 is 21.9 Å². The van der Waals surface area contributed by atoms with Crippen molar-refractivity contribution in [3.8, 4) is 0 Å². The molecular weight excluding hydrogens is 188 g/mol.